The molecule has 1 fully saturated rings. The van der Waals surface area contributed by atoms with Gasteiger partial charge in [-0.25, -0.2) is 8.42 Å². The summed E-state index contributed by atoms with van der Waals surface area (Å²) in [5, 5.41) is 0. The lowest BCUT2D eigenvalue weighted by molar-refractivity contribution is 0.126. The van der Waals surface area contributed by atoms with E-state index in [1.54, 1.807) is 0 Å². The van der Waals surface area contributed by atoms with Crippen molar-refractivity contribution >= 4 is 27.2 Å². The molecule has 5 nitrogen and oxygen atoms in total. The summed E-state index contributed by atoms with van der Waals surface area (Å²) in [6.07, 6.45) is 1.54. The Labute approximate surface area is 108 Å². The molecule has 0 bridgehead atoms. The van der Waals surface area contributed by atoms with Gasteiger partial charge < -0.3 is 10.5 Å². The van der Waals surface area contributed by atoms with E-state index in [-0.39, 0.29) is 29.4 Å². The lowest BCUT2D eigenvalue weighted by Crippen LogP contribution is -2.45. The quantitative estimate of drug-likeness (QED) is 0.717. The van der Waals surface area contributed by atoms with E-state index >= 15 is 0 Å². The number of sulfonamides is 1. The summed E-state index contributed by atoms with van der Waals surface area (Å²) in [6, 6.07) is -0.150. The van der Waals surface area contributed by atoms with Crippen LogP contribution in [-0.4, -0.2) is 48.8 Å². The van der Waals surface area contributed by atoms with E-state index in [9.17, 15) is 8.42 Å². The number of hydrogen-bond acceptors (Lipinski definition) is 4. The van der Waals surface area contributed by atoms with Crippen molar-refractivity contribution in [2.24, 2.45) is 5.73 Å². The average Bonchev–Trinajstić information content (AvgIpc) is 2.65. The van der Waals surface area contributed by atoms with E-state index < -0.39 is 10.0 Å². The molecule has 0 aliphatic carbocycles. The fraction of sp³-hybridized carbons (Fsp3) is 0.900. The van der Waals surface area contributed by atoms with Crippen LogP contribution in [0.25, 0.3) is 0 Å². The molecule has 2 N–H and O–H groups in total. The van der Waals surface area contributed by atoms with E-state index in [0.717, 1.165) is 12.8 Å². The summed E-state index contributed by atoms with van der Waals surface area (Å²) in [5.41, 5.74) is 5.43. The molecule has 0 saturated carbocycles. The zero-order valence-corrected chi connectivity index (χ0v) is 11.9. The molecule has 0 amide bonds. The second kappa shape index (κ2) is 6.08. The minimum atomic E-state index is -3.36. The van der Waals surface area contributed by atoms with Crippen molar-refractivity contribution in [2.75, 3.05) is 18.9 Å². The SMILES string of the molecule is CC(C)N(CC(N)=S)S(=O)(=O)CC1CCCO1. The molecule has 1 unspecified atom stereocenters. The third-order valence-electron chi connectivity index (χ3n) is 2.67. The molecule has 1 saturated heterocycles. The summed E-state index contributed by atoms with van der Waals surface area (Å²) in [4.78, 5) is 0.189. The van der Waals surface area contributed by atoms with Gasteiger partial charge in [0.15, 0.2) is 0 Å². The van der Waals surface area contributed by atoms with Gasteiger partial charge in [0.1, 0.15) is 0 Å². The van der Waals surface area contributed by atoms with Crippen LogP contribution in [0.5, 0.6) is 0 Å². The Hall–Kier alpha value is -0.240. The smallest absolute Gasteiger partial charge is 0.217 e. The first-order chi connectivity index (χ1) is 7.83. The summed E-state index contributed by atoms with van der Waals surface area (Å²) in [6.45, 7) is 4.37. The number of rotatable bonds is 6. The molecule has 0 spiro atoms. The molecule has 100 valence electrons. The molecular formula is C10H20N2O3S2. The maximum Gasteiger partial charge on any atom is 0.217 e. The number of ether oxygens (including phenoxy) is 1. The van der Waals surface area contributed by atoms with Crippen LogP contribution in [0.3, 0.4) is 0 Å². The van der Waals surface area contributed by atoms with Crippen LogP contribution in [-0.2, 0) is 14.8 Å². The molecule has 1 rings (SSSR count). The van der Waals surface area contributed by atoms with Gasteiger partial charge in [0, 0.05) is 12.6 Å². The van der Waals surface area contributed by atoms with Crippen molar-refractivity contribution in [3.63, 3.8) is 0 Å². The predicted octanol–water partition coefficient (Wildman–Crippen LogP) is 0.492. The van der Waals surface area contributed by atoms with Gasteiger partial charge in [-0.1, -0.05) is 12.2 Å². The Kier molecular flexibility index (Phi) is 5.30. The van der Waals surface area contributed by atoms with Gasteiger partial charge >= 0.3 is 0 Å². The maximum absolute atomic E-state index is 12.2. The normalized spacial score (nSPS) is 21.3. The second-order valence-electron chi connectivity index (χ2n) is 4.52. The Morgan fingerprint density at radius 2 is 2.24 bits per heavy atom. The molecule has 1 atom stereocenters. The van der Waals surface area contributed by atoms with Crippen LogP contribution in [0, 0.1) is 0 Å². The highest BCUT2D eigenvalue weighted by atomic mass is 32.2. The van der Waals surface area contributed by atoms with Gasteiger partial charge in [-0.2, -0.15) is 4.31 Å². The monoisotopic (exact) mass is 280 g/mol. The van der Waals surface area contributed by atoms with E-state index in [4.69, 9.17) is 22.7 Å². The van der Waals surface area contributed by atoms with Gasteiger partial charge in [-0.3, -0.25) is 0 Å². The number of thiocarbonyl (C=S) groups is 1. The number of nitrogens with two attached hydrogens (primary N) is 1. The van der Waals surface area contributed by atoms with Gasteiger partial charge in [-0.05, 0) is 26.7 Å². The van der Waals surface area contributed by atoms with Crippen LogP contribution in [0.2, 0.25) is 0 Å². The fourth-order valence-electron chi connectivity index (χ4n) is 1.86. The first-order valence-electron chi connectivity index (χ1n) is 5.72. The van der Waals surface area contributed by atoms with Gasteiger partial charge in [0.05, 0.1) is 23.4 Å². The molecule has 1 aliphatic heterocycles. The zero-order valence-electron chi connectivity index (χ0n) is 10.3. The zero-order chi connectivity index (χ0) is 13.1. The highest BCUT2D eigenvalue weighted by molar-refractivity contribution is 7.89. The Balaban J connectivity index is 2.72. The van der Waals surface area contributed by atoms with E-state index in [1.165, 1.54) is 4.31 Å². The molecular weight excluding hydrogens is 260 g/mol. The average molecular weight is 280 g/mol. The van der Waals surface area contributed by atoms with Crippen molar-refractivity contribution < 1.29 is 13.2 Å². The molecule has 1 aliphatic rings. The van der Waals surface area contributed by atoms with Gasteiger partial charge in [0.2, 0.25) is 10.0 Å². The lowest BCUT2D eigenvalue weighted by Gasteiger charge is -2.26. The van der Waals surface area contributed by atoms with Gasteiger partial charge in [-0.15, -0.1) is 0 Å². The maximum atomic E-state index is 12.2. The molecule has 0 aromatic heterocycles. The van der Waals surface area contributed by atoms with Gasteiger partial charge in [0.25, 0.3) is 0 Å². The first kappa shape index (κ1) is 14.8. The Bertz CT molecular complexity index is 362. The van der Waals surface area contributed by atoms with E-state index in [2.05, 4.69) is 0 Å². The molecule has 0 radical (unpaired) electrons. The first-order valence-corrected chi connectivity index (χ1v) is 7.74. The van der Waals surface area contributed by atoms with E-state index in [1.807, 2.05) is 13.8 Å². The van der Waals surface area contributed by atoms with Crippen molar-refractivity contribution in [3.8, 4) is 0 Å². The number of nitrogens with zero attached hydrogens (tertiary/aromatic N) is 1. The van der Waals surface area contributed by atoms with Crippen molar-refractivity contribution in [1.82, 2.24) is 4.31 Å². The predicted molar refractivity (Wildman–Crippen MR) is 71.4 cm³/mol. The molecule has 0 aromatic carbocycles. The van der Waals surface area contributed by atoms with Crippen molar-refractivity contribution in [2.45, 2.75) is 38.8 Å². The van der Waals surface area contributed by atoms with Crippen LogP contribution >= 0.6 is 12.2 Å². The summed E-state index contributed by atoms with van der Waals surface area (Å²) >= 11 is 4.78. The van der Waals surface area contributed by atoms with Crippen molar-refractivity contribution in [3.05, 3.63) is 0 Å². The van der Waals surface area contributed by atoms with Crippen LogP contribution in [0.1, 0.15) is 26.7 Å². The minimum Gasteiger partial charge on any atom is -0.392 e. The summed E-state index contributed by atoms with van der Waals surface area (Å²) in [7, 11) is -3.36. The van der Waals surface area contributed by atoms with Crippen LogP contribution in [0.15, 0.2) is 0 Å². The summed E-state index contributed by atoms with van der Waals surface area (Å²) < 4.78 is 31.1. The molecule has 1 heterocycles. The van der Waals surface area contributed by atoms with Crippen LogP contribution in [0.4, 0.5) is 0 Å². The van der Waals surface area contributed by atoms with E-state index in [0.29, 0.717) is 6.61 Å². The Morgan fingerprint density at radius 3 is 2.65 bits per heavy atom. The third-order valence-corrected chi connectivity index (χ3v) is 4.85. The second-order valence-corrected chi connectivity index (χ2v) is 7.01. The van der Waals surface area contributed by atoms with Crippen LogP contribution < -0.4 is 5.73 Å². The molecule has 7 heteroatoms. The highest BCUT2D eigenvalue weighted by Gasteiger charge is 2.30. The fourth-order valence-corrected chi connectivity index (χ4v) is 3.99. The third kappa shape index (κ3) is 4.50. The standard InChI is InChI=1S/C10H20N2O3S2/c1-8(2)12(6-10(11)16)17(13,14)7-9-4-3-5-15-9/h8-9H,3-7H2,1-2H3,(H2,11,16). The minimum absolute atomic E-state index is 0.0216. The topological polar surface area (TPSA) is 72.6 Å². The highest BCUT2D eigenvalue weighted by Crippen LogP contribution is 2.17. The van der Waals surface area contributed by atoms with Crippen molar-refractivity contribution in [1.29, 1.82) is 0 Å². The lowest BCUT2D eigenvalue weighted by atomic mass is 10.3. The summed E-state index contributed by atoms with van der Waals surface area (Å²) in [5.74, 6) is 0.0216. The Morgan fingerprint density at radius 1 is 1.59 bits per heavy atom. The largest absolute Gasteiger partial charge is 0.392 e. The molecule has 17 heavy (non-hydrogen) atoms. The number of hydrogen-bond donors (Lipinski definition) is 1. The molecule has 0 aromatic rings.